The lowest BCUT2D eigenvalue weighted by Gasteiger charge is -2.37. The summed E-state index contributed by atoms with van der Waals surface area (Å²) in [4.78, 5) is 36.1. The highest BCUT2D eigenvalue weighted by molar-refractivity contribution is 5.88. The predicted octanol–water partition coefficient (Wildman–Crippen LogP) is -0.297. The quantitative estimate of drug-likeness (QED) is 0.604. The standard InChI is InChI=1S/C16H25N3O4/c1-23-15(22)11(7-10-3-6-17-13(10)20)19-14(21)12-8-16(9-18-12)4-2-5-16/h10-12,18H,2-9H2,1H3,(H,17,20)(H,19,21)/t10-,11-,12?/m0/s1. The zero-order chi connectivity index (χ0) is 16.4. The van der Waals surface area contributed by atoms with E-state index in [1.165, 1.54) is 26.4 Å². The molecular weight excluding hydrogens is 298 g/mol. The maximum atomic E-state index is 12.5. The molecule has 7 heteroatoms. The predicted molar refractivity (Wildman–Crippen MR) is 82.4 cm³/mol. The van der Waals surface area contributed by atoms with E-state index < -0.39 is 12.0 Å². The van der Waals surface area contributed by atoms with Gasteiger partial charge in [-0.05, 0) is 37.5 Å². The molecule has 0 aromatic heterocycles. The van der Waals surface area contributed by atoms with Crippen LogP contribution in [0, 0.1) is 11.3 Å². The molecule has 1 aliphatic carbocycles. The van der Waals surface area contributed by atoms with Crippen molar-refractivity contribution in [1.82, 2.24) is 16.0 Å². The second-order valence-corrected chi connectivity index (χ2v) is 7.09. The lowest BCUT2D eigenvalue weighted by Crippen LogP contribution is -2.49. The molecule has 2 aliphatic heterocycles. The van der Waals surface area contributed by atoms with Gasteiger partial charge in [0.2, 0.25) is 11.8 Å². The van der Waals surface area contributed by atoms with Gasteiger partial charge >= 0.3 is 5.97 Å². The van der Waals surface area contributed by atoms with Crippen molar-refractivity contribution in [1.29, 1.82) is 0 Å². The topological polar surface area (TPSA) is 96.5 Å². The highest BCUT2D eigenvalue weighted by atomic mass is 16.5. The van der Waals surface area contributed by atoms with Crippen LogP contribution in [0.2, 0.25) is 0 Å². The summed E-state index contributed by atoms with van der Waals surface area (Å²) in [5, 5.41) is 8.81. The molecule has 0 bridgehead atoms. The van der Waals surface area contributed by atoms with Gasteiger partial charge in [-0.3, -0.25) is 9.59 Å². The van der Waals surface area contributed by atoms with Gasteiger partial charge in [0.15, 0.2) is 0 Å². The summed E-state index contributed by atoms with van der Waals surface area (Å²) in [6.07, 6.45) is 5.39. The van der Waals surface area contributed by atoms with E-state index >= 15 is 0 Å². The maximum absolute atomic E-state index is 12.5. The molecule has 23 heavy (non-hydrogen) atoms. The lowest BCUT2D eigenvalue weighted by atomic mass is 9.67. The first kappa shape index (κ1) is 16.2. The van der Waals surface area contributed by atoms with Crippen LogP contribution in [0.15, 0.2) is 0 Å². The molecule has 128 valence electrons. The van der Waals surface area contributed by atoms with Gasteiger partial charge in [-0.15, -0.1) is 0 Å². The van der Waals surface area contributed by atoms with E-state index in [9.17, 15) is 14.4 Å². The number of ether oxygens (including phenoxy) is 1. The zero-order valence-corrected chi connectivity index (χ0v) is 13.5. The second kappa shape index (κ2) is 6.47. The van der Waals surface area contributed by atoms with E-state index in [1.54, 1.807) is 0 Å². The van der Waals surface area contributed by atoms with E-state index in [1.807, 2.05) is 0 Å². The third-order valence-electron chi connectivity index (χ3n) is 5.58. The van der Waals surface area contributed by atoms with E-state index in [0.717, 1.165) is 13.0 Å². The summed E-state index contributed by atoms with van der Waals surface area (Å²) in [6, 6.07) is -1.01. The van der Waals surface area contributed by atoms with Gasteiger partial charge in [-0.1, -0.05) is 6.42 Å². The smallest absolute Gasteiger partial charge is 0.328 e. The van der Waals surface area contributed by atoms with Crippen molar-refractivity contribution in [3.63, 3.8) is 0 Å². The van der Waals surface area contributed by atoms with Crippen LogP contribution in [0.3, 0.4) is 0 Å². The molecule has 2 heterocycles. The molecule has 2 saturated heterocycles. The minimum atomic E-state index is -0.763. The van der Waals surface area contributed by atoms with Crippen molar-refractivity contribution >= 4 is 17.8 Å². The first-order valence-corrected chi connectivity index (χ1v) is 8.42. The molecule has 1 spiro atoms. The Morgan fingerprint density at radius 3 is 2.74 bits per heavy atom. The Balaban J connectivity index is 1.58. The minimum absolute atomic E-state index is 0.0550. The maximum Gasteiger partial charge on any atom is 0.328 e. The number of amides is 2. The molecule has 0 aromatic rings. The molecular formula is C16H25N3O4. The molecule has 0 aromatic carbocycles. The Morgan fingerprint density at radius 2 is 2.22 bits per heavy atom. The second-order valence-electron chi connectivity index (χ2n) is 7.09. The number of carbonyl (C=O) groups is 3. The van der Waals surface area contributed by atoms with Gasteiger partial charge < -0.3 is 20.7 Å². The number of carbonyl (C=O) groups excluding carboxylic acids is 3. The summed E-state index contributed by atoms with van der Waals surface area (Å²) < 4.78 is 4.79. The summed E-state index contributed by atoms with van der Waals surface area (Å²) in [5.41, 5.74) is 0.286. The van der Waals surface area contributed by atoms with Crippen LogP contribution in [0.5, 0.6) is 0 Å². The summed E-state index contributed by atoms with van der Waals surface area (Å²) >= 11 is 0. The summed E-state index contributed by atoms with van der Waals surface area (Å²) in [7, 11) is 1.30. The van der Waals surface area contributed by atoms with Gasteiger partial charge in [0, 0.05) is 19.0 Å². The number of nitrogens with one attached hydrogen (secondary N) is 3. The molecule has 3 aliphatic rings. The molecule has 3 fully saturated rings. The van der Waals surface area contributed by atoms with Crippen molar-refractivity contribution in [3.8, 4) is 0 Å². The van der Waals surface area contributed by atoms with E-state index in [-0.39, 0.29) is 29.2 Å². The number of methoxy groups -OCH3 is 1. The van der Waals surface area contributed by atoms with Crippen molar-refractivity contribution in [2.24, 2.45) is 11.3 Å². The van der Waals surface area contributed by atoms with Crippen molar-refractivity contribution in [3.05, 3.63) is 0 Å². The molecule has 3 atom stereocenters. The fourth-order valence-electron chi connectivity index (χ4n) is 3.94. The number of hydrogen-bond donors (Lipinski definition) is 3. The first-order valence-electron chi connectivity index (χ1n) is 8.42. The number of hydrogen-bond acceptors (Lipinski definition) is 5. The lowest BCUT2D eigenvalue weighted by molar-refractivity contribution is -0.146. The van der Waals surface area contributed by atoms with Crippen LogP contribution in [0.1, 0.15) is 38.5 Å². The SMILES string of the molecule is COC(=O)[C@H](C[C@@H]1CCNC1=O)NC(=O)C1CC2(CCC2)CN1. The summed E-state index contributed by atoms with van der Waals surface area (Å²) in [5.74, 6) is -0.952. The highest BCUT2D eigenvalue weighted by Gasteiger charge is 2.46. The Bertz CT molecular complexity index is 504. The Morgan fingerprint density at radius 1 is 1.43 bits per heavy atom. The number of rotatable bonds is 5. The van der Waals surface area contributed by atoms with Crippen LogP contribution in [-0.2, 0) is 19.1 Å². The third kappa shape index (κ3) is 3.34. The van der Waals surface area contributed by atoms with E-state index in [2.05, 4.69) is 16.0 Å². The van der Waals surface area contributed by atoms with E-state index in [0.29, 0.717) is 19.4 Å². The Hall–Kier alpha value is -1.63. The first-order chi connectivity index (χ1) is 11.0. The fourth-order valence-corrected chi connectivity index (χ4v) is 3.94. The minimum Gasteiger partial charge on any atom is -0.467 e. The number of esters is 1. The molecule has 1 unspecified atom stereocenters. The van der Waals surface area contributed by atoms with E-state index in [4.69, 9.17) is 4.74 Å². The van der Waals surface area contributed by atoms with Crippen molar-refractivity contribution in [2.45, 2.75) is 50.6 Å². The summed E-state index contributed by atoms with van der Waals surface area (Å²) in [6.45, 7) is 1.50. The third-order valence-corrected chi connectivity index (χ3v) is 5.58. The molecule has 3 rings (SSSR count). The van der Waals surface area contributed by atoms with Gasteiger partial charge in [-0.2, -0.15) is 0 Å². The van der Waals surface area contributed by atoms with Crippen molar-refractivity contribution in [2.75, 3.05) is 20.2 Å². The fraction of sp³-hybridized carbons (Fsp3) is 0.812. The Kier molecular flexibility index (Phi) is 4.57. The Labute approximate surface area is 135 Å². The highest BCUT2D eigenvalue weighted by Crippen LogP contribution is 2.47. The molecule has 7 nitrogen and oxygen atoms in total. The van der Waals surface area contributed by atoms with Crippen LogP contribution in [0.4, 0.5) is 0 Å². The average molecular weight is 323 g/mol. The van der Waals surface area contributed by atoms with Crippen LogP contribution < -0.4 is 16.0 Å². The normalized spacial score (nSPS) is 29.7. The van der Waals surface area contributed by atoms with Gasteiger partial charge in [-0.25, -0.2) is 4.79 Å². The molecule has 3 N–H and O–H groups in total. The largest absolute Gasteiger partial charge is 0.467 e. The van der Waals surface area contributed by atoms with Crippen LogP contribution in [-0.4, -0.2) is 50.1 Å². The molecule has 0 radical (unpaired) electrons. The monoisotopic (exact) mass is 323 g/mol. The van der Waals surface area contributed by atoms with Crippen LogP contribution in [0.25, 0.3) is 0 Å². The van der Waals surface area contributed by atoms with Gasteiger partial charge in [0.1, 0.15) is 6.04 Å². The molecule has 2 amide bonds. The average Bonchev–Trinajstić information content (AvgIpc) is 3.12. The van der Waals surface area contributed by atoms with Gasteiger partial charge in [0.05, 0.1) is 13.2 Å². The molecule has 1 saturated carbocycles. The van der Waals surface area contributed by atoms with Gasteiger partial charge in [0.25, 0.3) is 0 Å². The van der Waals surface area contributed by atoms with Crippen molar-refractivity contribution < 1.29 is 19.1 Å². The zero-order valence-electron chi connectivity index (χ0n) is 13.5. The van der Waals surface area contributed by atoms with Crippen LogP contribution >= 0.6 is 0 Å².